The molecule has 0 saturated carbocycles. The van der Waals surface area contributed by atoms with Gasteiger partial charge in [0.05, 0.1) is 25.5 Å². The lowest BCUT2D eigenvalue weighted by atomic mass is 9.87. The lowest BCUT2D eigenvalue weighted by Crippen LogP contribution is -2.46. The molecule has 2 aromatic heterocycles. The molecule has 1 aliphatic heterocycles. The third-order valence-electron chi connectivity index (χ3n) is 7.98. The van der Waals surface area contributed by atoms with Gasteiger partial charge in [-0.15, -0.1) is 0 Å². The number of allylic oxidation sites excluding steroid dienone is 4. The predicted octanol–water partition coefficient (Wildman–Crippen LogP) is -0.203. The average Bonchev–Trinajstić information content (AvgIpc) is 3.68. The van der Waals surface area contributed by atoms with Crippen LogP contribution in [0.4, 0.5) is 5.82 Å². The Morgan fingerprint density at radius 2 is 1.73 bits per heavy atom. The molecular formula is C28H42N7O17P3S. The van der Waals surface area contributed by atoms with Crippen LogP contribution < -0.4 is 16.4 Å². The van der Waals surface area contributed by atoms with E-state index in [9.17, 15) is 57.9 Å². The molecule has 10 N–H and O–H groups in total. The third kappa shape index (κ3) is 13.0. The van der Waals surface area contributed by atoms with E-state index in [0.717, 1.165) is 35.4 Å². The molecule has 28 heteroatoms. The van der Waals surface area contributed by atoms with Crippen LogP contribution in [0.3, 0.4) is 0 Å². The van der Waals surface area contributed by atoms with Crippen molar-refractivity contribution in [3.63, 3.8) is 0 Å². The first kappa shape index (κ1) is 45.7. The summed E-state index contributed by atoms with van der Waals surface area (Å²) in [4.78, 5) is 87.8. The minimum atomic E-state index is -5.57. The first-order valence-corrected chi connectivity index (χ1v) is 22.0. The summed E-state index contributed by atoms with van der Waals surface area (Å²) in [6, 6.07) is 0. The standard InChI is InChI=1S/C28H42N7O17P3S/c1-28(2,22(38)25(39)31-9-8-18(36)30-10-11-56-27(40)16-6-4-3-5-7-16)13-49-55(46,47)52-54(44,45)48-12-17-21(51-53(41,42)43)20(37)26(50-17)35-15-34-19-23(29)32-14-33-24(19)35/h4-7,14-17,20-22,26,37-38H,3,8-13H2,1-2H3,(H,30,36)(H,31,39)(H,44,45)(H,46,47)(H2,29,32,33)(H2,41,42,43)/t17-,20-,21-,22+,26-/m1/s1. The second-order valence-corrected chi connectivity index (χ2v) is 18.2. The lowest BCUT2D eigenvalue weighted by molar-refractivity contribution is -0.137. The van der Waals surface area contributed by atoms with Crippen LogP contribution in [0.1, 0.15) is 32.9 Å². The summed E-state index contributed by atoms with van der Waals surface area (Å²) >= 11 is 1.07. The lowest BCUT2D eigenvalue weighted by Gasteiger charge is -2.30. The third-order valence-corrected chi connectivity index (χ3v) is 12.0. The monoisotopic (exact) mass is 873 g/mol. The van der Waals surface area contributed by atoms with E-state index >= 15 is 0 Å². The molecule has 3 heterocycles. The number of fused-ring (bicyclic) bond motifs is 1. The Morgan fingerprint density at radius 3 is 2.41 bits per heavy atom. The molecule has 2 unspecified atom stereocenters. The number of nitrogens with one attached hydrogen (secondary N) is 2. The van der Waals surface area contributed by atoms with E-state index in [-0.39, 0.29) is 47.5 Å². The SMILES string of the molecule is CC(C)(COP(=O)(O)OP(=O)(O)OC[C@H]1O[C@@H](n2cnc3c(N)ncnc32)[C@H](O)[C@@H]1OP(=O)(O)O)[C@@H](O)C(=O)NCCC(=O)NCCSC(=O)C1C=CCC=C1. The summed E-state index contributed by atoms with van der Waals surface area (Å²) in [5.41, 5.74) is 4.26. The van der Waals surface area contributed by atoms with Crippen molar-refractivity contribution in [3.8, 4) is 0 Å². The van der Waals surface area contributed by atoms with E-state index in [1.165, 1.54) is 13.8 Å². The van der Waals surface area contributed by atoms with Crippen LogP contribution in [-0.4, -0.2) is 123 Å². The van der Waals surface area contributed by atoms with Gasteiger partial charge < -0.3 is 50.9 Å². The van der Waals surface area contributed by atoms with Gasteiger partial charge in [0.25, 0.3) is 0 Å². The number of carbonyl (C=O) groups excluding carboxylic acids is 3. The van der Waals surface area contributed by atoms with Gasteiger partial charge in [-0.3, -0.25) is 32.5 Å². The number of phosphoric ester groups is 3. The number of hydrogen-bond donors (Lipinski definition) is 9. The highest BCUT2D eigenvalue weighted by molar-refractivity contribution is 8.13. The normalized spacial score (nSPS) is 23.1. The van der Waals surface area contributed by atoms with Crippen LogP contribution in [0.25, 0.3) is 11.2 Å². The number of imidazole rings is 1. The fourth-order valence-corrected chi connectivity index (χ4v) is 8.71. The molecular weight excluding hydrogens is 831 g/mol. The second kappa shape index (κ2) is 19.2. The number of amides is 2. The zero-order chi connectivity index (χ0) is 41.5. The maximum absolute atomic E-state index is 12.7. The van der Waals surface area contributed by atoms with Crippen LogP contribution in [0.5, 0.6) is 0 Å². The maximum atomic E-state index is 12.7. The Kier molecular flexibility index (Phi) is 15.7. The number of hydrogen-bond acceptors (Lipinski definition) is 18. The van der Waals surface area contributed by atoms with Crippen molar-refractivity contribution in [2.24, 2.45) is 11.3 Å². The molecule has 7 atom stereocenters. The van der Waals surface area contributed by atoms with Crippen LogP contribution in [-0.2, 0) is 50.7 Å². The van der Waals surface area contributed by atoms with E-state index in [0.29, 0.717) is 5.75 Å². The van der Waals surface area contributed by atoms with Gasteiger partial charge in [-0.1, -0.05) is 49.9 Å². The van der Waals surface area contributed by atoms with Crippen LogP contribution >= 0.6 is 35.2 Å². The van der Waals surface area contributed by atoms with Crippen molar-refractivity contribution >= 4 is 69.1 Å². The number of aliphatic hydroxyl groups is 2. The van der Waals surface area contributed by atoms with Gasteiger partial charge >= 0.3 is 23.5 Å². The van der Waals surface area contributed by atoms with Gasteiger partial charge in [-0.25, -0.2) is 28.6 Å². The minimum absolute atomic E-state index is 0.0304. The average molecular weight is 874 g/mol. The first-order chi connectivity index (χ1) is 26.1. The first-order valence-electron chi connectivity index (χ1n) is 16.5. The number of nitrogens with two attached hydrogens (primary N) is 1. The van der Waals surface area contributed by atoms with Crippen molar-refractivity contribution in [2.75, 3.05) is 37.8 Å². The van der Waals surface area contributed by atoms with Gasteiger partial charge in [-0.05, 0) is 6.42 Å². The van der Waals surface area contributed by atoms with Gasteiger partial charge in [0.2, 0.25) is 11.8 Å². The molecule has 2 aromatic rings. The largest absolute Gasteiger partial charge is 0.481 e. The number of carbonyl (C=O) groups is 3. The number of aromatic nitrogens is 4. The molecule has 0 aromatic carbocycles. The molecule has 312 valence electrons. The maximum Gasteiger partial charge on any atom is 0.481 e. The molecule has 0 bridgehead atoms. The van der Waals surface area contributed by atoms with Gasteiger partial charge in [0.1, 0.15) is 36.3 Å². The number of rotatable bonds is 20. The van der Waals surface area contributed by atoms with E-state index in [4.69, 9.17) is 19.5 Å². The number of nitrogen functional groups attached to an aromatic ring is 1. The Bertz CT molecular complexity index is 1930. The summed E-state index contributed by atoms with van der Waals surface area (Å²) in [7, 11) is -16.4. The smallest absolute Gasteiger partial charge is 0.386 e. The minimum Gasteiger partial charge on any atom is -0.386 e. The molecule has 24 nitrogen and oxygen atoms in total. The molecule has 4 rings (SSSR count). The molecule has 0 spiro atoms. The highest BCUT2D eigenvalue weighted by Gasteiger charge is 2.50. The Morgan fingerprint density at radius 1 is 1.05 bits per heavy atom. The zero-order valence-corrected chi connectivity index (χ0v) is 33.2. The number of ether oxygens (including phenoxy) is 1. The molecule has 2 amide bonds. The molecule has 56 heavy (non-hydrogen) atoms. The summed E-state index contributed by atoms with van der Waals surface area (Å²) in [6.07, 6.45) is 1.26. The Hall–Kier alpha value is -2.96. The van der Waals surface area contributed by atoms with Crippen molar-refractivity contribution in [1.29, 1.82) is 0 Å². The van der Waals surface area contributed by atoms with E-state index in [2.05, 4.69) is 34.4 Å². The summed E-state index contributed by atoms with van der Waals surface area (Å²) in [6.45, 7) is 0.489. The van der Waals surface area contributed by atoms with Crippen LogP contribution in [0.2, 0.25) is 0 Å². The van der Waals surface area contributed by atoms with Crippen LogP contribution in [0.15, 0.2) is 37.0 Å². The highest BCUT2D eigenvalue weighted by atomic mass is 32.2. The molecule has 2 aliphatic rings. The second-order valence-electron chi connectivity index (χ2n) is 12.9. The Balaban J connectivity index is 1.23. The molecule has 1 saturated heterocycles. The van der Waals surface area contributed by atoms with Crippen LogP contribution in [0, 0.1) is 11.3 Å². The van der Waals surface area contributed by atoms with E-state index in [1.807, 2.05) is 24.3 Å². The van der Waals surface area contributed by atoms with Crippen molar-refractivity contribution in [2.45, 2.75) is 57.3 Å². The summed E-state index contributed by atoms with van der Waals surface area (Å²) in [5, 5.41) is 26.3. The molecule has 0 radical (unpaired) electrons. The summed E-state index contributed by atoms with van der Waals surface area (Å²) < 4.78 is 62.1. The molecule has 1 fully saturated rings. The predicted molar refractivity (Wildman–Crippen MR) is 193 cm³/mol. The number of aliphatic hydroxyl groups excluding tert-OH is 2. The topological polar surface area (TPSA) is 364 Å². The van der Waals surface area contributed by atoms with Gasteiger partial charge in [-0.2, -0.15) is 4.31 Å². The van der Waals surface area contributed by atoms with Crippen molar-refractivity contribution in [3.05, 3.63) is 37.0 Å². The number of nitrogens with zero attached hydrogens (tertiary/aromatic N) is 4. The van der Waals surface area contributed by atoms with Gasteiger partial charge in [0, 0.05) is 30.7 Å². The van der Waals surface area contributed by atoms with Crippen molar-refractivity contribution < 1.29 is 80.5 Å². The van der Waals surface area contributed by atoms with Gasteiger partial charge in [0.15, 0.2) is 22.8 Å². The summed E-state index contributed by atoms with van der Waals surface area (Å²) in [5.74, 6) is -1.42. The van der Waals surface area contributed by atoms with Crippen molar-refractivity contribution in [1.82, 2.24) is 30.2 Å². The quantitative estimate of drug-likeness (QED) is 0.0472. The zero-order valence-electron chi connectivity index (χ0n) is 29.7. The number of anilines is 1. The Labute approximate surface area is 322 Å². The van der Waals surface area contributed by atoms with E-state index in [1.54, 1.807) is 0 Å². The fraction of sp³-hybridized carbons (Fsp3) is 0.571. The molecule has 1 aliphatic carbocycles. The van der Waals surface area contributed by atoms with E-state index < -0.39 is 84.6 Å². The fourth-order valence-electron chi connectivity index (χ4n) is 5.13. The number of thioether (sulfide) groups is 1. The number of phosphoric acid groups is 3. The highest BCUT2D eigenvalue weighted by Crippen LogP contribution is 2.61.